The van der Waals surface area contributed by atoms with Crippen molar-refractivity contribution in [1.82, 2.24) is 4.59 Å². The van der Waals surface area contributed by atoms with Crippen molar-refractivity contribution in [3.8, 4) is 11.1 Å². The van der Waals surface area contributed by atoms with Crippen LogP contribution in [0.3, 0.4) is 0 Å². The number of nitro groups is 1. The second kappa shape index (κ2) is 8.51. The van der Waals surface area contributed by atoms with E-state index in [4.69, 9.17) is 9.47 Å². The van der Waals surface area contributed by atoms with Gasteiger partial charge in [0, 0.05) is 18.2 Å². The highest BCUT2D eigenvalue weighted by atomic mass is 16.6. The average Bonchev–Trinajstić information content (AvgIpc) is 3.10. The van der Waals surface area contributed by atoms with E-state index in [1.807, 2.05) is 20.8 Å². The quantitative estimate of drug-likeness (QED) is 0.286. The minimum Gasteiger partial charge on any atom is -0.461 e. The molecule has 0 N–H and O–H groups in total. The molecule has 1 unspecified atom stereocenters. The van der Waals surface area contributed by atoms with Gasteiger partial charge in [0.25, 0.3) is 5.69 Å². The number of quaternary nitrogens is 1. The van der Waals surface area contributed by atoms with Crippen molar-refractivity contribution in [2.24, 2.45) is 5.10 Å². The third kappa shape index (κ3) is 3.75. The summed E-state index contributed by atoms with van der Waals surface area (Å²) >= 11 is 0. The van der Waals surface area contributed by atoms with E-state index in [1.54, 1.807) is 44.2 Å². The van der Waals surface area contributed by atoms with Gasteiger partial charge in [-0.1, -0.05) is 15.8 Å². The Morgan fingerprint density at radius 1 is 1.00 bits per heavy atom. The molecule has 0 radical (unpaired) electrons. The molecule has 0 saturated heterocycles. The summed E-state index contributed by atoms with van der Waals surface area (Å²) in [5, 5.41) is 15.6. The first-order valence-electron chi connectivity index (χ1n) is 10.3. The highest BCUT2D eigenvalue weighted by Crippen LogP contribution is 2.45. The third-order valence-corrected chi connectivity index (χ3v) is 5.23. The molecule has 0 aliphatic carbocycles. The zero-order chi connectivity index (χ0) is 23.7. The highest BCUT2D eigenvalue weighted by Gasteiger charge is 2.59. The van der Waals surface area contributed by atoms with Gasteiger partial charge >= 0.3 is 12.1 Å². The normalized spacial score (nSPS) is 17.3. The van der Waals surface area contributed by atoms with Crippen LogP contribution in [0.2, 0.25) is 0 Å². The second-order valence-electron chi connectivity index (χ2n) is 8.21. The Morgan fingerprint density at radius 2 is 1.59 bits per heavy atom. The predicted octanol–water partition coefficient (Wildman–Crippen LogP) is 4.80. The third-order valence-electron chi connectivity index (χ3n) is 5.23. The van der Waals surface area contributed by atoms with Crippen LogP contribution in [-0.2, 0) is 14.3 Å². The van der Waals surface area contributed by atoms with E-state index in [1.165, 1.54) is 12.1 Å². The molecule has 9 nitrogen and oxygen atoms in total. The van der Waals surface area contributed by atoms with Gasteiger partial charge in [0.2, 0.25) is 5.71 Å². The zero-order valence-corrected chi connectivity index (χ0v) is 18.7. The molecule has 0 bridgehead atoms. The van der Waals surface area contributed by atoms with Crippen LogP contribution in [-0.4, -0.2) is 41.5 Å². The molecule has 1 heterocycles. The Morgan fingerprint density at radius 3 is 2.12 bits per heavy atom. The summed E-state index contributed by atoms with van der Waals surface area (Å²) in [5.41, 5.74) is 1.65. The number of benzene rings is 2. The number of nitrogens with zero attached hydrogens (tertiary/aromatic N) is 3. The van der Waals surface area contributed by atoms with Crippen molar-refractivity contribution in [1.29, 1.82) is 0 Å². The minimum absolute atomic E-state index is 0.0193. The van der Waals surface area contributed by atoms with Crippen LogP contribution in [0.5, 0.6) is 0 Å². The van der Waals surface area contributed by atoms with Gasteiger partial charge in [0.05, 0.1) is 23.7 Å². The maximum Gasteiger partial charge on any atom is 0.549 e. The van der Waals surface area contributed by atoms with E-state index in [0.717, 1.165) is 11.1 Å². The summed E-state index contributed by atoms with van der Waals surface area (Å²) in [6.45, 7) is 9.23. The summed E-state index contributed by atoms with van der Waals surface area (Å²) < 4.78 is 10.0. The maximum absolute atomic E-state index is 13.3. The van der Waals surface area contributed by atoms with Gasteiger partial charge in [-0.25, -0.2) is 4.79 Å². The van der Waals surface area contributed by atoms with Crippen LogP contribution in [0.1, 0.15) is 40.2 Å². The molecular weight excluding hydrogens is 414 g/mol. The fraction of sp³-hybridized carbons (Fsp3) is 0.348. The number of esters is 1. The highest BCUT2D eigenvalue weighted by molar-refractivity contribution is 6.46. The van der Waals surface area contributed by atoms with Gasteiger partial charge in [0.15, 0.2) is 5.69 Å². The van der Waals surface area contributed by atoms with Crippen molar-refractivity contribution in [2.45, 2.75) is 40.2 Å². The molecule has 1 atom stereocenters. The molecule has 0 spiro atoms. The fourth-order valence-corrected chi connectivity index (χ4v) is 3.70. The molecule has 0 fully saturated rings. The van der Waals surface area contributed by atoms with Gasteiger partial charge in [-0.3, -0.25) is 10.1 Å². The van der Waals surface area contributed by atoms with E-state index < -0.39 is 27.1 Å². The second-order valence-corrected chi connectivity index (χ2v) is 8.21. The number of carbonyl (C=O) groups excluding carboxylic acids is 2. The Balaban J connectivity index is 2.24. The lowest BCUT2D eigenvalue weighted by molar-refractivity contribution is -0.384. The smallest absolute Gasteiger partial charge is 0.461 e. The molecule has 2 aromatic carbocycles. The predicted molar refractivity (Wildman–Crippen MR) is 120 cm³/mol. The SMILES string of the molecule is CCOC(=O)C1=N[N+](C(=O)OCC)(C(C)(C)C)c2cc(-c3ccc([N+](=O)[O-])cc3)ccc21. The van der Waals surface area contributed by atoms with E-state index in [9.17, 15) is 19.7 Å². The van der Waals surface area contributed by atoms with Crippen molar-refractivity contribution >= 4 is 29.1 Å². The Labute approximate surface area is 186 Å². The summed E-state index contributed by atoms with van der Waals surface area (Å²) in [4.78, 5) is 36.5. The van der Waals surface area contributed by atoms with E-state index >= 15 is 0 Å². The lowest BCUT2D eigenvalue weighted by Gasteiger charge is -2.36. The van der Waals surface area contributed by atoms with Crippen molar-refractivity contribution in [2.75, 3.05) is 13.2 Å². The summed E-state index contributed by atoms with van der Waals surface area (Å²) in [6.07, 6.45) is -0.610. The summed E-state index contributed by atoms with van der Waals surface area (Å²) in [6, 6.07) is 11.4. The minimum atomic E-state index is -0.788. The van der Waals surface area contributed by atoms with E-state index in [0.29, 0.717) is 11.3 Å². The number of carbonyl (C=O) groups is 2. The summed E-state index contributed by atoms with van der Waals surface area (Å²) in [5.74, 6) is -0.620. The molecule has 0 aromatic heterocycles. The maximum atomic E-state index is 13.3. The van der Waals surface area contributed by atoms with Crippen molar-refractivity contribution < 1.29 is 24.0 Å². The standard InChI is InChI=1S/C23H26N3O6/c1-6-31-21(27)20-18-13-10-16(15-8-11-17(12-9-15)25(29)30)14-19(18)26(24-20,23(3,4)5)22(28)32-7-2/h8-14H,6-7H2,1-5H3/q+1. The molecule has 2 aromatic rings. The van der Waals surface area contributed by atoms with Crippen LogP contribution in [0.25, 0.3) is 11.1 Å². The first-order chi connectivity index (χ1) is 15.1. The lowest BCUT2D eigenvalue weighted by atomic mass is 9.97. The van der Waals surface area contributed by atoms with Gasteiger partial charge in [-0.05, 0) is 63.9 Å². The molecule has 1 amide bonds. The monoisotopic (exact) mass is 440 g/mol. The number of rotatable bonds is 5. The molecule has 1 aliphatic rings. The molecule has 168 valence electrons. The summed E-state index contributed by atoms with van der Waals surface area (Å²) in [7, 11) is 0. The molecule has 3 rings (SSSR count). The number of amides is 1. The molecular formula is C23H26N3O6+. The number of non-ortho nitro benzene ring substituents is 1. The largest absolute Gasteiger partial charge is 0.549 e. The Hall–Kier alpha value is -3.59. The van der Waals surface area contributed by atoms with E-state index in [-0.39, 0.29) is 24.6 Å². The molecule has 9 heteroatoms. The number of fused-ring (bicyclic) bond motifs is 1. The molecule has 32 heavy (non-hydrogen) atoms. The van der Waals surface area contributed by atoms with Crippen molar-refractivity contribution in [3.05, 3.63) is 58.1 Å². The van der Waals surface area contributed by atoms with Crippen LogP contribution >= 0.6 is 0 Å². The first kappa shape index (κ1) is 23.1. The Kier molecular flexibility index (Phi) is 6.13. The Bertz CT molecular complexity index is 1100. The van der Waals surface area contributed by atoms with Crippen LogP contribution in [0, 0.1) is 10.1 Å². The number of hydrogen-bond acceptors (Lipinski definition) is 7. The molecule has 1 aliphatic heterocycles. The van der Waals surface area contributed by atoms with Crippen LogP contribution in [0.4, 0.5) is 16.2 Å². The van der Waals surface area contributed by atoms with Gasteiger partial charge < -0.3 is 9.47 Å². The van der Waals surface area contributed by atoms with Gasteiger partial charge in [-0.15, -0.1) is 0 Å². The topological polar surface area (TPSA) is 108 Å². The average molecular weight is 440 g/mol. The first-order valence-corrected chi connectivity index (χ1v) is 10.3. The number of hydrogen-bond donors (Lipinski definition) is 0. The van der Waals surface area contributed by atoms with E-state index in [2.05, 4.69) is 5.10 Å². The van der Waals surface area contributed by atoms with Crippen molar-refractivity contribution in [3.63, 3.8) is 0 Å². The van der Waals surface area contributed by atoms with Gasteiger partial charge in [0.1, 0.15) is 5.54 Å². The number of nitro benzene ring substituents is 1. The fourth-order valence-electron chi connectivity index (χ4n) is 3.70. The molecule has 0 saturated carbocycles. The number of ether oxygens (including phenoxy) is 2. The van der Waals surface area contributed by atoms with Crippen LogP contribution < -0.4 is 4.59 Å². The van der Waals surface area contributed by atoms with Gasteiger partial charge in [-0.2, -0.15) is 4.79 Å². The lowest BCUT2D eigenvalue weighted by Crippen LogP contribution is -2.61. The zero-order valence-electron chi connectivity index (χ0n) is 18.7. The van der Waals surface area contributed by atoms with Crippen LogP contribution in [0.15, 0.2) is 47.6 Å².